The van der Waals surface area contributed by atoms with Gasteiger partial charge in [0.2, 0.25) is 5.91 Å². The number of thioether (sulfide) groups is 1. The van der Waals surface area contributed by atoms with Crippen molar-refractivity contribution in [3.05, 3.63) is 51.9 Å². The van der Waals surface area contributed by atoms with E-state index in [9.17, 15) is 14.4 Å². The minimum Gasteiger partial charge on any atom is -0.495 e. The maximum absolute atomic E-state index is 12.7. The van der Waals surface area contributed by atoms with Crippen molar-refractivity contribution in [2.24, 2.45) is 0 Å². The Hall–Kier alpha value is -3.17. The van der Waals surface area contributed by atoms with E-state index >= 15 is 0 Å². The van der Waals surface area contributed by atoms with Gasteiger partial charge in [0.1, 0.15) is 12.3 Å². The van der Waals surface area contributed by atoms with Crippen molar-refractivity contribution >= 4 is 52.2 Å². The number of hydrogen-bond donors (Lipinski definition) is 1. The summed E-state index contributed by atoms with van der Waals surface area (Å²) in [6.07, 6.45) is 1.57. The van der Waals surface area contributed by atoms with E-state index < -0.39 is 23.6 Å². The van der Waals surface area contributed by atoms with Gasteiger partial charge in [-0.1, -0.05) is 17.7 Å². The zero-order chi connectivity index (χ0) is 23.3. The first-order valence-corrected chi connectivity index (χ1v) is 10.7. The van der Waals surface area contributed by atoms with E-state index in [2.05, 4.69) is 5.32 Å². The number of carbonyl (C=O) groups excluding carboxylic acids is 3. The third-order valence-corrected chi connectivity index (χ3v) is 5.60. The number of hydrogen-bond acceptors (Lipinski definition) is 7. The Morgan fingerprint density at radius 3 is 2.47 bits per heavy atom. The number of halogens is 1. The Balaban J connectivity index is 1.70. The molecule has 0 bridgehead atoms. The molecule has 2 aromatic carbocycles. The molecule has 0 spiro atoms. The molecule has 3 amide bonds. The third kappa shape index (κ3) is 5.35. The Labute approximate surface area is 194 Å². The van der Waals surface area contributed by atoms with Gasteiger partial charge >= 0.3 is 0 Å². The number of rotatable bonds is 8. The fraction of sp³-hybridized carbons (Fsp3) is 0.227. The van der Waals surface area contributed by atoms with Crippen LogP contribution in [-0.2, 0) is 9.59 Å². The fourth-order valence-electron chi connectivity index (χ4n) is 2.92. The zero-order valence-corrected chi connectivity index (χ0v) is 19.2. The van der Waals surface area contributed by atoms with Crippen LogP contribution in [0.4, 0.5) is 10.5 Å². The molecule has 10 heteroatoms. The van der Waals surface area contributed by atoms with Gasteiger partial charge in [0.15, 0.2) is 11.5 Å². The maximum Gasteiger partial charge on any atom is 0.294 e. The van der Waals surface area contributed by atoms with Crippen LogP contribution in [0.1, 0.15) is 12.5 Å². The number of ether oxygens (including phenoxy) is 3. The number of nitrogens with one attached hydrogen (secondary N) is 1. The molecular weight excluding hydrogens is 456 g/mol. The Bertz CT molecular complexity index is 1090. The summed E-state index contributed by atoms with van der Waals surface area (Å²) in [7, 11) is 3.00. The summed E-state index contributed by atoms with van der Waals surface area (Å²) in [6.45, 7) is 1.93. The summed E-state index contributed by atoms with van der Waals surface area (Å²) < 4.78 is 15.9. The van der Waals surface area contributed by atoms with E-state index in [1.54, 1.807) is 36.4 Å². The first-order valence-electron chi connectivity index (χ1n) is 9.55. The largest absolute Gasteiger partial charge is 0.495 e. The number of amides is 3. The SMILES string of the molecule is CCOc1ccc(C=C2SC(=O)N(CC(=O)Nc3ccc(OC)c(Cl)c3)C2=O)cc1OC. The lowest BCUT2D eigenvalue weighted by molar-refractivity contribution is -0.127. The average molecular weight is 477 g/mol. The Morgan fingerprint density at radius 2 is 1.81 bits per heavy atom. The van der Waals surface area contributed by atoms with Crippen LogP contribution in [0.5, 0.6) is 17.2 Å². The van der Waals surface area contributed by atoms with E-state index in [1.807, 2.05) is 6.92 Å². The van der Waals surface area contributed by atoms with Crippen LogP contribution in [0.2, 0.25) is 5.02 Å². The second kappa shape index (κ2) is 10.4. The van der Waals surface area contributed by atoms with Crippen LogP contribution in [0.25, 0.3) is 6.08 Å². The van der Waals surface area contributed by atoms with E-state index in [4.69, 9.17) is 25.8 Å². The number of imide groups is 1. The molecule has 0 radical (unpaired) electrons. The smallest absolute Gasteiger partial charge is 0.294 e. The lowest BCUT2D eigenvalue weighted by atomic mass is 10.2. The lowest BCUT2D eigenvalue weighted by Gasteiger charge is -2.13. The van der Waals surface area contributed by atoms with Crippen molar-refractivity contribution in [1.82, 2.24) is 4.90 Å². The quantitative estimate of drug-likeness (QED) is 0.563. The van der Waals surface area contributed by atoms with Crippen LogP contribution in [0.3, 0.4) is 0 Å². The highest BCUT2D eigenvalue weighted by atomic mass is 35.5. The second-order valence-electron chi connectivity index (χ2n) is 6.51. The number of benzene rings is 2. The standard InChI is InChI=1S/C22H21ClN2O6S/c1-4-31-17-7-5-13(9-18(17)30-3)10-19-21(27)25(22(28)32-19)12-20(26)24-14-6-8-16(29-2)15(23)11-14/h5-11H,4,12H2,1-3H3,(H,24,26). The van der Waals surface area contributed by atoms with Gasteiger partial charge in [-0.05, 0) is 60.7 Å². The van der Waals surface area contributed by atoms with Crippen LogP contribution < -0.4 is 19.5 Å². The molecular formula is C22H21ClN2O6S. The van der Waals surface area contributed by atoms with Gasteiger partial charge in [-0.3, -0.25) is 19.3 Å². The monoisotopic (exact) mass is 476 g/mol. The number of methoxy groups -OCH3 is 2. The van der Waals surface area contributed by atoms with E-state index in [-0.39, 0.29) is 4.91 Å². The molecule has 1 heterocycles. The van der Waals surface area contributed by atoms with Crippen LogP contribution >= 0.6 is 23.4 Å². The molecule has 1 N–H and O–H groups in total. The number of anilines is 1. The summed E-state index contributed by atoms with van der Waals surface area (Å²) in [5.41, 5.74) is 1.08. The number of carbonyl (C=O) groups is 3. The molecule has 3 rings (SSSR count). The lowest BCUT2D eigenvalue weighted by Crippen LogP contribution is -2.36. The molecule has 8 nitrogen and oxygen atoms in total. The summed E-state index contributed by atoms with van der Waals surface area (Å²) in [5.74, 6) is 0.480. The highest BCUT2D eigenvalue weighted by molar-refractivity contribution is 8.18. The molecule has 1 aliphatic heterocycles. The summed E-state index contributed by atoms with van der Waals surface area (Å²) in [4.78, 5) is 38.5. The van der Waals surface area contributed by atoms with Crippen molar-refractivity contribution in [2.45, 2.75) is 6.92 Å². The van der Waals surface area contributed by atoms with Gasteiger partial charge in [0.25, 0.3) is 11.1 Å². The van der Waals surface area contributed by atoms with Gasteiger partial charge in [-0.2, -0.15) is 0 Å². The molecule has 0 aromatic heterocycles. The molecule has 168 valence electrons. The van der Waals surface area contributed by atoms with Gasteiger partial charge in [-0.15, -0.1) is 0 Å². The van der Waals surface area contributed by atoms with Crippen molar-refractivity contribution in [3.8, 4) is 17.2 Å². The molecule has 1 saturated heterocycles. The summed E-state index contributed by atoms with van der Waals surface area (Å²) >= 11 is 6.82. The summed E-state index contributed by atoms with van der Waals surface area (Å²) in [6, 6.07) is 9.92. The van der Waals surface area contributed by atoms with Crippen molar-refractivity contribution < 1.29 is 28.6 Å². The van der Waals surface area contributed by atoms with Gasteiger partial charge < -0.3 is 19.5 Å². The molecule has 2 aromatic rings. The highest BCUT2D eigenvalue weighted by Gasteiger charge is 2.36. The zero-order valence-electron chi connectivity index (χ0n) is 17.6. The predicted molar refractivity (Wildman–Crippen MR) is 123 cm³/mol. The first kappa shape index (κ1) is 23.5. The third-order valence-electron chi connectivity index (χ3n) is 4.40. The normalized spacial score (nSPS) is 14.6. The molecule has 0 atom stereocenters. The predicted octanol–water partition coefficient (Wildman–Crippen LogP) is 4.43. The fourth-order valence-corrected chi connectivity index (χ4v) is 4.02. The minimum absolute atomic E-state index is 0.210. The topological polar surface area (TPSA) is 94.2 Å². The second-order valence-corrected chi connectivity index (χ2v) is 7.91. The van der Waals surface area contributed by atoms with Crippen molar-refractivity contribution in [1.29, 1.82) is 0 Å². The molecule has 0 saturated carbocycles. The maximum atomic E-state index is 12.7. The molecule has 1 fully saturated rings. The van der Waals surface area contributed by atoms with Crippen molar-refractivity contribution in [3.63, 3.8) is 0 Å². The molecule has 1 aliphatic rings. The Morgan fingerprint density at radius 1 is 1.09 bits per heavy atom. The highest BCUT2D eigenvalue weighted by Crippen LogP contribution is 2.34. The molecule has 0 aliphatic carbocycles. The molecule has 32 heavy (non-hydrogen) atoms. The van der Waals surface area contributed by atoms with Crippen LogP contribution in [0.15, 0.2) is 41.3 Å². The van der Waals surface area contributed by atoms with Crippen LogP contribution in [-0.4, -0.2) is 49.3 Å². The summed E-state index contributed by atoms with van der Waals surface area (Å²) in [5, 5.41) is 2.41. The van der Waals surface area contributed by atoms with Crippen molar-refractivity contribution in [2.75, 3.05) is 32.7 Å². The van der Waals surface area contributed by atoms with Crippen LogP contribution in [0, 0.1) is 0 Å². The Kier molecular flexibility index (Phi) is 7.66. The van der Waals surface area contributed by atoms with Gasteiger partial charge in [0, 0.05) is 5.69 Å². The van der Waals surface area contributed by atoms with E-state index in [0.29, 0.717) is 40.1 Å². The first-order chi connectivity index (χ1) is 15.4. The van der Waals surface area contributed by atoms with E-state index in [0.717, 1.165) is 16.7 Å². The number of nitrogens with zero attached hydrogens (tertiary/aromatic N) is 1. The molecule has 0 unspecified atom stereocenters. The van der Waals surface area contributed by atoms with Gasteiger partial charge in [0.05, 0.1) is 30.8 Å². The minimum atomic E-state index is -0.546. The van der Waals surface area contributed by atoms with Gasteiger partial charge in [-0.25, -0.2) is 0 Å². The average Bonchev–Trinajstić information content (AvgIpc) is 3.02. The van der Waals surface area contributed by atoms with E-state index in [1.165, 1.54) is 20.3 Å².